The normalized spacial score (nSPS) is 27.5. The molecule has 1 fully saturated rings. The van der Waals surface area contributed by atoms with Crippen molar-refractivity contribution in [1.29, 1.82) is 0 Å². The summed E-state index contributed by atoms with van der Waals surface area (Å²) in [6, 6.07) is 3.28. The Balaban J connectivity index is 2.22. The van der Waals surface area contributed by atoms with Crippen LogP contribution in [0.5, 0.6) is 5.75 Å². The summed E-state index contributed by atoms with van der Waals surface area (Å²) in [7, 11) is 0. The Morgan fingerprint density at radius 1 is 1.10 bits per heavy atom. The number of aliphatic hydroxyl groups is 1. The zero-order valence-corrected chi connectivity index (χ0v) is 12.3. The Morgan fingerprint density at radius 2 is 1.65 bits per heavy atom. The van der Waals surface area contributed by atoms with Crippen LogP contribution < -0.4 is 0 Å². The number of phenolic OH excluding ortho intramolecular Hbond substituents is 1. The van der Waals surface area contributed by atoms with E-state index in [1.165, 1.54) is 0 Å². The molecule has 0 radical (unpaired) electrons. The largest absolute Gasteiger partial charge is 0.511 e. The molecular formula is C17H20O3. The van der Waals surface area contributed by atoms with E-state index in [0.717, 1.165) is 23.1 Å². The molecule has 2 unspecified atom stereocenters. The van der Waals surface area contributed by atoms with Crippen LogP contribution in [0.15, 0.2) is 17.9 Å². The molecule has 3 aliphatic rings. The number of hydrogen-bond acceptors (Lipinski definition) is 3. The maximum Gasteiger partial charge on any atom is 0.170 e. The van der Waals surface area contributed by atoms with Crippen LogP contribution in [0.1, 0.15) is 37.0 Å². The number of phenols is 1. The first kappa shape index (κ1) is 13.2. The van der Waals surface area contributed by atoms with Crippen LogP contribution in [-0.2, 0) is 4.79 Å². The van der Waals surface area contributed by atoms with Crippen LogP contribution in [0, 0.1) is 31.1 Å². The predicted octanol–water partition coefficient (Wildman–Crippen LogP) is 3.52. The molecule has 0 heterocycles. The van der Waals surface area contributed by atoms with Crippen molar-refractivity contribution in [1.82, 2.24) is 0 Å². The lowest BCUT2D eigenvalue weighted by molar-refractivity contribution is -0.135. The number of ketones is 1. The third-order valence-corrected chi connectivity index (χ3v) is 5.18. The minimum absolute atomic E-state index is 0.00556. The minimum atomic E-state index is -0.136. The van der Waals surface area contributed by atoms with Crippen LogP contribution in [0.25, 0.3) is 5.57 Å². The van der Waals surface area contributed by atoms with Gasteiger partial charge >= 0.3 is 0 Å². The molecule has 1 aromatic rings. The van der Waals surface area contributed by atoms with Crippen molar-refractivity contribution in [2.75, 3.05) is 0 Å². The number of aromatic hydroxyl groups is 1. The number of aliphatic hydroxyl groups excluding tert-OH is 1. The van der Waals surface area contributed by atoms with Gasteiger partial charge in [-0.15, -0.1) is 0 Å². The number of carbonyl (C=O) groups is 1. The standard InChI is InChI=1S/C17H20O3/c1-8-5-10(18)6-9(2)13(8)14-15(19)11-7-12(16(14)20)17(11,3)4/h5-6,11-12,18-19H,7H2,1-4H3. The molecule has 1 aromatic carbocycles. The van der Waals surface area contributed by atoms with Gasteiger partial charge in [-0.2, -0.15) is 0 Å². The van der Waals surface area contributed by atoms with Gasteiger partial charge in [0.25, 0.3) is 0 Å². The summed E-state index contributed by atoms with van der Waals surface area (Å²) in [4.78, 5) is 12.7. The average Bonchev–Trinajstić information content (AvgIpc) is 2.30. The highest BCUT2D eigenvalue weighted by Gasteiger charge is 2.58. The Kier molecular flexibility index (Phi) is 2.56. The number of Topliss-reactive ketones (excluding diaryl/α,β-unsaturated/α-hetero) is 1. The molecule has 106 valence electrons. The molecule has 0 spiro atoms. The number of fused-ring (bicyclic) bond motifs is 1. The summed E-state index contributed by atoms with van der Waals surface area (Å²) in [5, 5.41) is 20.2. The van der Waals surface area contributed by atoms with Gasteiger partial charge in [-0.1, -0.05) is 13.8 Å². The van der Waals surface area contributed by atoms with Gasteiger partial charge < -0.3 is 10.2 Å². The summed E-state index contributed by atoms with van der Waals surface area (Å²) in [6.07, 6.45) is 0.761. The second-order valence-electron chi connectivity index (χ2n) is 6.74. The molecule has 0 aromatic heterocycles. The van der Waals surface area contributed by atoms with Gasteiger partial charge in [-0.25, -0.2) is 0 Å². The highest BCUT2D eigenvalue weighted by atomic mass is 16.3. The molecule has 2 atom stereocenters. The van der Waals surface area contributed by atoms with E-state index >= 15 is 0 Å². The average molecular weight is 272 g/mol. The van der Waals surface area contributed by atoms with Crippen molar-refractivity contribution in [2.45, 2.75) is 34.1 Å². The molecule has 20 heavy (non-hydrogen) atoms. The van der Waals surface area contributed by atoms with E-state index in [1.54, 1.807) is 12.1 Å². The lowest BCUT2D eigenvalue weighted by Gasteiger charge is -2.54. The fourth-order valence-electron chi connectivity index (χ4n) is 3.90. The minimum Gasteiger partial charge on any atom is -0.511 e. The Morgan fingerprint density at radius 3 is 2.10 bits per heavy atom. The molecule has 0 saturated heterocycles. The van der Waals surface area contributed by atoms with Crippen molar-refractivity contribution in [2.24, 2.45) is 17.3 Å². The van der Waals surface area contributed by atoms with Crippen molar-refractivity contribution in [3.05, 3.63) is 34.6 Å². The molecule has 4 rings (SSSR count). The Hall–Kier alpha value is -1.77. The fourth-order valence-corrected chi connectivity index (χ4v) is 3.90. The first-order chi connectivity index (χ1) is 9.25. The topological polar surface area (TPSA) is 57.5 Å². The first-order valence-electron chi connectivity index (χ1n) is 7.03. The van der Waals surface area contributed by atoms with Gasteiger partial charge in [0, 0.05) is 11.8 Å². The smallest absolute Gasteiger partial charge is 0.170 e. The van der Waals surface area contributed by atoms with Crippen LogP contribution in [0.2, 0.25) is 0 Å². The summed E-state index contributed by atoms with van der Waals surface area (Å²) in [5.74, 6) is 0.558. The molecule has 3 heteroatoms. The fraction of sp³-hybridized carbons (Fsp3) is 0.471. The number of allylic oxidation sites excluding steroid dienone is 2. The van der Waals surface area contributed by atoms with Gasteiger partial charge in [0.1, 0.15) is 11.5 Å². The van der Waals surface area contributed by atoms with E-state index in [2.05, 4.69) is 0 Å². The SMILES string of the molecule is Cc1cc(O)cc(C)c1C1=C(O)C2CC(C1=O)C2(C)C. The Bertz CT molecular complexity index is 629. The van der Waals surface area contributed by atoms with E-state index < -0.39 is 0 Å². The maximum atomic E-state index is 12.7. The monoisotopic (exact) mass is 272 g/mol. The molecule has 0 amide bonds. The highest BCUT2D eigenvalue weighted by Crippen LogP contribution is 2.60. The third-order valence-electron chi connectivity index (χ3n) is 5.18. The molecule has 1 saturated carbocycles. The zero-order valence-electron chi connectivity index (χ0n) is 12.3. The van der Waals surface area contributed by atoms with Crippen molar-refractivity contribution in [3.63, 3.8) is 0 Å². The third kappa shape index (κ3) is 1.49. The molecule has 2 N–H and O–H groups in total. The van der Waals surface area contributed by atoms with Gasteiger partial charge in [-0.3, -0.25) is 4.79 Å². The van der Waals surface area contributed by atoms with Crippen LogP contribution >= 0.6 is 0 Å². The summed E-state index contributed by atoms with van der Waals surface area (Å²) in [5.41, 5.74) is 2.78. The van der Waals surface area contributed by atoms with Crippen LogP contribution in [-0.4, -0.2) is 16.0 Å². The summed E-state index contributed by atoms with van der Waals surface area (Å²) >= 11 is 0. The number of rotatable bonds is 1. The second-order valence-corrected chi connectivity index (χ2v) is 6.74. The van der Waals surface area contributed by atoms with E-state index in [0.29, 0.717) is 5.57 Å². The molecular weight excluding hydrogens is 252 g/mol. The van der Waals surface area contributed by atoms with Crippen molar-refractivity contribution < 1.29 is 15.0 Å². The zero-order chi connectivity index (χ0) is 14.8. The van der Waals surface area contributed by atoms with Crippen molar-refractivity contribution >= 4 is 11.4 Å². The van der Waals surface area contributed by atoms with Crippen molar-refractivity contribution in [3.8, 4) is 5.75 Å². The molecule has 2 bridgehead atoms. The second kappa shape index (κ2) is 3.87. The van der Waals surface area contributed by atoms with E-state index in [-0.39, 0.29) is 34.5 Å². The molecule has 0 aliphatic heterocycles. The van der Waals surface area contributed by atoms with Crippen LogP contribution in [0.3, 0.4) is 0 Å². The lowest BCUT2D eigenvalue weighted by Crippen LogP contribution is -2.53. The van der Waals surface area contributed by atoms with E-state index in [4.69, 9.17) is 0 Å². The van der Waals surface area contributed by atoms with Crippen LogP contribution in [0.4, 0.5) is 0 Å². The number of hydrogen-bond donors (Lipinski definition) is 2. The molecule has 3 aliphatic carbocycles. The quantitative estimate of drug-likeness (QED) is 0.822. The number of benzene rings is 1. The first-order valence-corrected chi connectivity index (χ1v) is 7.03. The highest BCUT2D eigenvalue weighted by molar-refractivity contribution is 6.25. The van der Waals surface area contributed by atoms with Gasteiger partial charge in [0.15, 0.2) is 5.78 Å². The number of aryl methyl sites for hydroxylation is 2. The van der Waals surface area contributed by atoms with Gasteiger partial charge in [0.05, 0.1) is 5.57 Å². The maximum absolute atomic E-state index is 12.7. The summed E-state index contributed by atoms with van der Waals surface area (Å²) in [6.45, 7) is 7.82. The summed E-state index contributed by atoms with van der Waals surface area (Å²) < 4.78 is 0. The number of carbonyl (C=O) groups excluding carboxylic acids is 1. The lowest BCUT2D eigenvalue weighted by atomic mass is 9.48. The van der Waals surface area contributed by atoms with Gasteiger partial charge in [0.2, 0.25) is 0 Å². The Labute approximate surface area is 118 Å². The molecule has 3 nitrogen and oxygen atoms in total. The van der Waals surface area contributed by atoms with E-state index in [9.17, 15) is 15.0 Å². The predicted molar refractivity (Wildman–Crippen MR) is 77.5 cm³/mol. The van der Waals surface area contributed by atoms with E-state index in [1.807, 2.05) is 27.7 Å². The van der Waals surface area contributed by atoms with Gasteiger partial charge in [-0.05, 0) is 54.5 Å².